The first kappa shape index (κ1) is 15.3. The maximum absolute atomic E-state index is 11.7. The van der Waals surface area contributed by atoms with E-state index < -0.39 is 19.9 Å². The number of rotatable bonds is 4. The van der Waals surface area contributed by atoms with Gasteiger partial charge in [-0.2, -0.15) is 0 Å². The van der Waals surface area contributed by atoms with Crippen LogP contribution in [0.3, 0.4) is 0 Å². The highest BCUT2D eigenvalue weighted by atomic mass is 32.2. The van der Waals surface area contributed by atoms with Gasteiger partial charge in [0.05, 0.1) is 10.1 Å². The summed E-state index contributed by atoms with van der Waals surface area (Å²) in [6, 6.07) is 5.87. The van der Waals surface area contributed by atoms with E-state index in [1.165, 1.54) is 18.4 Å². The number of nitrogens with two attached hydrogens (primary N) is 1. The normalized spacial score (nSPS) is 23.7. The second kappa shape index (κ2) is 5.34. The molecule has 1 aromatic rings. The van der Waals surface area contributed by atoms with Crippen molar-refractivity contribution >= 4 is 25.5 Å². The molecule has 8 heteroatoms. The van der Waals surface area contributed by atoms with Crippen LogP contribution < -0.4 is 10.5 Å². The zero-order valence-corrected chi connectivity index (χ0v) is 12.7. The molecule has 0 amide bonds. The van der Waals surface area contributed by atoms with Gasteiger partial charge in [-0.25, -0.2) is 22.0 Å². The van der Waals surface area contributed by atoms with Crippen molar-refractivity contribution in [1.82, 2.24) is 0 Å². The third-order valence-corrected chi connectivity index (χ3v) is 6.13. The molecule has 1 aliphatic carbocycles. The molecule has 3 N–H and O–H groups in total. The van der Waals surface area contributed by atoms with Crippen molar-refractivity contribution in [2.45, 2.75) is 35.4 Å². The van der Waals surface area contributed by atoms with Crippen molar-refractivity contribution < 1.29 is 16.8 Å². The Morgan fingerprint density at radius 1 is 1.10 bits per heavy atom. The summed E-state index contributed by atoms with van der Waals surface area (Å²) < 4.78 is 45.7. The number of nitrogens with one attached hydrogen (secondary N) is 1. The molecule has 2 atom stereocenters. The molecule has 0 spiro atoms. The molecule has 0 saturated heterocycles. The Kier molecular flexibility index (Phi) is 4.08. The van der Waals surface area contributed by atoms with E-state index in [9.17, 15) is 16.8 Å². The molecular formula is C12H18N2O4S2. The monoisotopic (exact) mass is 318 g/mol. The summed E-state index contributed by atoms with van der Waals surface area (Å²) in [6.45, 7) is 0. The van der Waals surface area contributed by atoms with Crippen molar-refractivity contribution in [3.63, 3.8) is 0 Å². The van der Waals surface area contributed by atoms with Crippen molar-refractivity contribution in [1.29, 1.82) is 0 Å². The fourth-order valence-corrected chi connectivity index (χ4v) is 4.47. The first-order valence-corrected chi connectivity index (χ1v) is 9.76. The van der Waals surface area contributed by atoms with Gasteiger partial charge in [0.15, 0.2) is 9.84 Å². The van der Waals surface area contributed by atoms with E-state index in [2.05, 4.69) is 5.32 Å². The summed E-state index contributed by atoms with van der Waals surface area (Å²) >= 11 is 0. The summed E-state index contributed by atoms with van der Waals surface area (Å²) in [4.78, 5) is 0.0362. The van der Waals surface area contributed by atoms with Gasteiger partial charge in [0.2, 0.25) is 10.0 Å². The topological polar surface area (TPSA) is 106 Å². The van der Waals surface area contributed by atoms with Gasteiger partial charge >= 0.3 is 0 Å². The number of anilines is 1. The minimum atomic E-state index is -3.70. The highest BCUT2D eigenvalue weighted by Crippen LogP contribution is 2.28. The Bertz CT molecular complexity index is 681. The molecule has 1 saturated carbocycles. The van der Waals surface area contributed by atoms with Crippen LogP contribution in [0.25, 0.3) is 0 Å². The average molecular weight is 318 g/mol. The van der Waals surface area contributed by atoms with Crippen molar-refractivity contribution in [2.75, 3.05) is 11.6 Å². The van der Waals surface area contributed by atoms with Crippen LogP contribution in [0, 0.1) is 0 Å². The van der Waals surface area contributed by atoms with E-state index >= 15 is 0 Å². The molecule has 0 aliphatic heterocycles. The lowest BCUT2D eigenvalue weighted by atomic mass is 10.2. The van der Waals surface area contributed by atoms with Crippen molar-refractivity contribution in [3.05, 3.63) is 24.3 Å². The molecule has 112 valence electrons. The van der Waals surface area contributed by atoms with Crippen LogP contribution in [0.2, 0.25) is 0 Å². The van der Waals surface area contributed by atoms with Gasteiger partial charge in [0, 0.05) is 18.0 Å². The third-order valence-electron chi connectivity index (χ3n) is 3.54. The maximum atomic E-state index is 11.7. The lowest BCUT2D eigenvalue weighted by Crippen LogP contribution is -2.34. The molecule has 1 aromatic carbocycles. The number of hydrogen-bond acceptors (Lipinski definition) is 5. The number of primary sulfonamides is 1. The van der Waals surface area contributed by atoms with Gasteiger partial charge in [-0.15, -0.1) is 0 Å². The molecule has 2 unspecified atom stereocenters. The Hall–Kier alpha value is -1.12. The quantitative estimate of drug-likeness (QED) is 0.850. The Balaban J connectivity index is 2.15. The van der Waals surface area contributed by atoms with Gasteiger partial charge in [0.25, 0.3) is 0 Å². The Morgan fingerprint density at radius 3 is 2.20 bits per heavy atom. The Labute approximate surface area is 119 Å². The number of sulfone groups is 1. The predicted molar refractivity (Wildman–Crippen MR) is 77.7 cm³/mol. The molecule has 1 fully saturated rings. The Morgan fingerprint density at radius 2 is 1.70 bits per heavy atom. The smallest absolute Gasteiger partial charge is 0.238 e. The van der Waals surface area contributed by atoms with Gasteiger partial charge in [-0.05, 0) is 43.5 Å². The standard InChI is InChI=1S/C12H18N2O4S2/c1-19(15,16)12-4-2-3-11(12)14-9-5-7-10(8-6-9)20(13,17)18/h5-8,11-12,14H,2-4H2,1H3,(H2,13,17,18). The van der Waals surface area contributed by atoms with E-state index in [0.29, 0.717) is 12.1 Å². The molecule has 0 aromatic heterocycles. The minimum Gasteiger partial charge on any atom is -0.381 e. The number of hydrogen-bond donors (Lipinski definition) is 2. The highest BCUT2D eigenvalue weighted by molar-refractivity contribution is 7.91. The second-order valence-corrected chi connectivity index (χ2v) is 8.95. The first-order chi connectivity index (χ1) is 9.18. The number of benzene rings is 1. The van der Waals surface area contributed by atoms with E-state index in [-0.39, 0.29) is 16.2 Å². The van der Waals surface area contributed by atoms with Crippen LogP contribution >= 0.6 is 0 Å². The molecule has 2 rings (SSSR count). The zero-order valence-electron chi connectivity index (χ0n) is 11.1. The van der Waals surface area contributed by atoms with Crippen LogP contribution in [0.15, 0.2) is 29.2 Å². The fraction of sp³-hybridized carbons (Fsp3) is 0.500. The molecule has 20 heavy (non-hydrogen) atoms. The van der Waals surface area contributed by atoms with Crippen molar-refractivity contribution in [3.8, 4) is 0 Å². The largest absolute Gasteiger partial charge is 0.381 e. The van der Waals surface area contributed by atoms with Crippen LogP contribution in [0.1, 0.15) is 19.3 Å². The van der Waals surface area contributed by atoms with Crippen LogP contribution in [0.5, 0.6) is 0 Å². The maximum Gasteiger partial charge on any atom is 0.238 e. The SMILES string of the molecule is CS(=O)(=O)C1CCCC1Nc1ccc(S(N)(=O)=O)cc1. The summed E-state index contributed by atoms with van der Waals surface area (Å²) in [5, 5.41) is 7.79. The third kappa shape index (κ3) is 3.50. The van der Waals surface area contributed by atoms with Gasteiger partial charge in [-0.3, -0.25) is 0 Å². The van der Waals surface area contributed by atoms with Crippen LogP contribution in [-0.2, 0) is 19.9 Å². The number of sulfonamides is 1. The molecule has 0 radical (unpaired) electrons. The zero-order chi connectivity index (χ0) is 15.0. The van der Waals surface area contributed by atoms with Crippen LogP contribution in [0.4, 0.5) is 5.69 Å². The first-order valence-electron chi connectivity index (χ1n) is 6.26. The summed E-state index contributed by atoms with van der Waals surface area (Å²) in [5.74, 6) is 0. The van der Waals surface area contributed by atoms with E-state index in [0.717, 1.165) is 12.8 Å². The van der Waals surface area contributed by atoms with Crippen molar-refractivity contribution in [2.24, 2.45) is 5.14 Å². The summed E-state index contributed by atoms with van der Waals surface area (Å²) in [5.41, 5.74) is 0.693. The molecular weight excluding hydrogens is 300 g/mol. The lowest BCUT2D eigenvalue weighted by molar-refractivity contribution is 0.579. The fourth-order valence-electron chi connectivity index (χ4n) is 2.56. The lowest BCUT2D eigenvalue weighted by Gasteiger charge is -2.20. The van der Waals surface area contributed by atoms with E-state index in [1.54, 1.807) is 12.1 Å². The second-order valence-electron chi connectivity index (χ2n) is 5.12. The highest BCUT2D eigenvalue weighted by Gasteiger charge is 2.34. The van der Waals surface area contributed by atoms with E-state index in [1.807, 2.05) is 0 Å². The molecule has 0 bridgehead atoms. The van der Waals surface area contributed by atoms with E-state index in [4.69, 9.17) is 5.14 Å². The molecule has 0 heterocycles. The van der Waals surface area contributed by atoms with Gasteiger partial charge in [-0.1, -0.05) is 0 Å². The predicted octanol–water partition coefficient (Wildman–Crippen LogP) is 0.712. The molecule has 6 nitrogen and oxygen atoms in total. The van der Waals surface area contributed by atoms with Crippen LogP contribution in [-0.4, -0.2) is 34.4 Å². The minimum absolute atomic E-state index is 0.0362. The summed E-state index contributed by atoms with van der Waals surface area (Å²) in [7, 11) is -6.79. The van der Waals surface area contributed by atoms with Gasteiger partial charge < -0.3 is 5.32 Å². The average Bonchev–Trinajstić information content (AvgIpc) is 2.76. The molecule has 1 aliphatic rings. The summed E-state index contributed by atoms with van der Waals surface area (Å²) in [6.07, 6.45) is 3.56. The van der Waals surface area contributed by atoms with Gasteiger partial charge in [0.1, 0.15) is 0 Å².